The molecule has 0 aromatic carbocycles. The molecule has 0 saturated carbocycles. The molecule has 3 heteroatoms. The normalized spacial score (nSPS) is 3.11. The number of hydrogen-bond acceptors (Lipinski definition) is 2. The van der Waals surface area contributed by atoms with Crippen LogP contribution in [-0.2, 0) is 14.2 Å². The van der Waals surface area contributed by atoms with Gasteiger partial charge in [0, 0.05) is 0 Å². The fraction of sp³-hybridized carbons (Fsp3) is 0.500. The van der Waals surface area contributed by atoms with Gasteiger partial charge in [-0.3, -0.25) is 0 Å². The second kappa shape index (κ2) is 224. The van der Waals surface area contributed by atoms with Crippen LogP contribution >= 0.6 is 0 Å². The Morgan fingerprint density at radius 2 is 1.11 bits per heavy atom. The third-order valence-corrected chi connectivity index (χ3v) is 0. The average Bonchev–Trinajstić information content (AvgIpc) is 1.75. The number of rotatable bonds is 0. The van der Waals surface area contributed by atoms with E-state index in [4.69, 9.17) is 14.2 Å². The summed E-state index contributed by atoms with van der Waals surface area (Å²) in [4.78, 5) is 17.6. The first-order valence-electron chi connectivity index (χ1n) is 1.83. The van der Waals surface area contributed by atoms with Crippen LogP contribution in [0.4, 0.5) is 0 Å². The van der Waals surface area contributed by atoms with Gasteiger partial charge < -0.3 is 9.59 Å². The quantitative estimate of drug-likeness (QED) is 0.280. The molecule has 0 aliphatic rings. The van der Waals surface area contributed by atoms with E-state index in [1.165, 1.54) is 13.8 Å². The molecule has 0 unspecified atom stereocenters. The van der Waals surface area contributed by atoms with Gasteiger partial charge in [-0.15, -0.1) is 0 Å². The summed E-state index contributed by atoms with van der Waals surface area (Å²) in [7, 11) is 0. The summed E-state index contributed by atoms with van der Waals surface area (Å²) in [5, 5.41) is 0. The fourth-order valence-electron chi connectivity index (χ4n) is 0. The SMILES string of the molecule is C.CC=O.CC=O.[C-]#[O+]. The van der Waals surface area contributed by atoms with Crippen molar-refractivity contribution < 1.29 is 14.2 Å². The second-order valence-corrected chi connectivity index (χ2v) is 0.471. The van der Waals surface area contributed by atoms with Crippen LogP contribution in [0.2, 0.25) is 0 Å². The molecule has 0 atom stereocenters. The van der Waals surface area contributed by atoms with Gasteiger partial charge in [0.2, 0.25) is 0 Å². The van der Waals surface area contributed by atoms with Gasteiger partial charge in [-0.25, -0.2) is 0 Å². The first kappa shape index (κ1) is 24.3. The van der Waals surface area contributed by atoms with Gasteiger partial charge in [0.15, 0.2) is 0 Å². The Kier molecular flexibility index (Phi) is 607. The van der Waals surface area contributed by atoms with Gasteiger partial charge in [0.25, 0.3) is 0 Å². The Morgan fingerprint density at radius 3 is 1.11 bits per heavy atom. The molecule has 0 N–H and O–H groups in total. The monoisotopic (exact) mass is 132 g/mol. The van der Waals surface area contributed by atoms with Crippen LogP contribution in [0.3, 0.4) is 0 Å². The molecule has 0 amide bonds. The molecule has 0 rings (SSSR count). The Balaban J connectivity index is -0.0000000202. The maximum atomic E-state index is 8.81. The zero-order chi connectivity index (χ0) is 7.41. The molecule has 0 aliphatic carbocycles. The van der Waals surface area contributed by atoms with Gasteiger partial charge in [0.05, 0.1) is 0 Å². The van der Waals surface area contributed by atoms with Crippen LogP contribution in [-0.4, -0.2) is 12.6 Å². The van der Waals surface area contributed by atoms with Gasteiger partial charge in [-0.05, 0) is 13.8 Å². The van der Waals surface area contributed by atoms with Crippen molar-refractivity contribution in [2.45, 2.75) is 21.3 Å². The van der Waals surface area contributed by atoms with E-state index in [0.29, 0.717) is 0 Å². The summed E-state index contributed by atoms with van der Waals surface area (Å²) in [6.07, 6.45) is 1.50. The van der Waals surface area contributed by atoms with Crippen molar-refractivity contribution in [2.24, 2.45) is 0 Å². The van der Waals surface area contributed by atoms with Gasteiger partial charge in [-0.2, -0.15) is 0 Å². The average molecular weight is 132 g/mol. The second-order valence-electron chi connectivity index (χ2n) is 0.471. The zero-order valence-corrected chi connectivity index (χ0v) is 4.88. The molecule has 3 nitrogen and oxygen atoms in total. The number of carbonyl (C=O) groups excluding carboxylic acids is 2. The van der Waals surface area contributed by atoms with Crippen LogP contribution in [0.25, 0.3) is 0 Å². The van der Waals surface area contributed by atoms with Crippen molar-refractivity contribution in [1.29, 1.82) is 0 Å². The third-order valence-electron chi connectivity index (χ3n) is 0. The predicted molar refractivity (Wildman–Crippen MR) is 34.1 cm³/mol. The van der Waals surface area contributed by atoms with Crippen LogP contribution in [0, 0.1) is 6.65 Å². The summed E-state index contributed by atoms with van der Waals surface area (Å²) in [6, 6.07) is 0. The molecule has 0 spiro atoms. The topological polar surface area (TPSA) is 54.0 Å². The molecule has 9 heavy (non-hydrogen) atoms. The minimum atomic E-state index is 0. The Morgan fingerprint density at radius 1 is 1.11 bits per heavy atom. The van der Waals surface area contributed by atoms with Gasteiger partial charge >= 0.3 is 11.3 Å². The van der Waals surface area contributed by atoms with Crippen molar-refractivity contribution >= 4 is 12.6 Å². The summed E-state index contributed by atoms with van der Waals surface area (Å²) in [5.41, 5.74) is 0. The van der Waals surface area contributed by atoms with Crippen molar-refractivity contribution in [2.75, 3.05) is 0 Å². The van der Waals surface area contributed by atoms with E-state index in [0.717, 1.165) is 12.6 Å². The standard InChI is InChI=1S/2C2H4O.CO.CH4/c2*1-2-3;1-2;/h2*2H,1H3;;1H4. The van der Waals surface area contributed by atoms with Crippen molar-refractivity contribution in [3.8, 4) is 0 Å². The van der Waals surface area contributed by atoms with Crippen molar-refractivity contribution in [1.82, 2.24) is 0 Å². The summed E-state index contributed by atoms with van der Waals surface area (Å²) >= 11 is 0. The number of aldehydes is 2. The molecule has 0 aromatic rings. The fourth-order valence-corrected chi connectivity index (χ4v) is 0. The number of carbonyl (C=O) groups is 2. The number of hydrogen-bond donors (Lipinski definition) is 0. The van der Waals surface area contributed by atoms with Crippen LogP contribution < -0.4 is 0 Å². The van der Waals surface area contributed by atoms with E-state index in [1.807, 2.05) is 0 Å². The van der Waals surface area contributed by atoms with Gasteiger partial charge in [-0.1, -0.05) is 7.43 Å². The van der Waals surface area contributed by atoms with Gasteiger partial charge in [0.1, 0.15) is 12.6 Å². The van der Waals surface area contributed by atoms with E-state index < -0.39 is 0 Å². The predicted octanol–water partition coefficient (Wildman–Crippen LogP) is 1.01. The first-order chi connectivity index (χ1) is 3.83. The molecule has 0 radical (unpaired) electrons. The van der Waals surface area contributed by atoms with E-state index in [1.54, 1.807) is 0 Å². The van der Waals surface area contributed by atoms with Crippen LogP contribution in [0.15, 0.2) is 0 Å². The first-order valence-corrected chi connectivity index (χ1v) is 1.83. The molecule has 0 fully saturated rings. The van der Waals surface area contributed by atoms with E-state index in [2.05, 4.69) is 6.65 Å². The van der Waals surface area contributed by atoms with Crippen LogP contribution in [0.5, 0.6) is 0 Å². The van der Waals surface area contributed by atoms with E-state index in [-0.39, 0.29) is 7.43 Å². The third kappa shape index (κ3) is 216. The van der Waals surface area contributed by atoms with E-state index >= 15 is 0 Å². The summed E-state index contributed by atoms with van der Waals surface area (Å²) in [5.74, 6) is 0. The van der Waals surface area contributed by atoms with Crippen molar-refractivity contribution in [3.63, 3.8) is 0 Å². The van der Waals surface area contributed by atoms with Crippen LogP contribution in [0.1, 0.15) is 21.3 Å². The zero-order valence-electron chi connectivity index (χ0n) is 4.88. The van der Waals surface area contributed by atoms with E-state index in [9.17, 15) is 0 Å². The Hall–Kier alpha value is -0.920. The summed E-state index contributed by atoms with van der Waals surface area (Å²) in [6.45, 7) is 7.39. The minimum absolute atomic E-state index is 0. The molecule has 0 bridgehead atoms. The molecule has 0 saturated heterocycles. The Bertz CT molecular complexity index is 50.6. The molecule has 54 valence electrons. The maximum absolute atomic E-state index is 8.81. The summed E-state index contributed by atoms with van der Waals surface area (Å²) < 4.78 is 7.50. The molecule has 0 heterocycles. The molecule has 0 aromatic heterocycles. The molecular weight excluding hydrogens is 120 g/mol. The molecule has 0 aliphatic heterocycles. The Labute approximate surface area is 55.8 Å². The van der Waals surface area contributed by atoms with Crippen molar-refractivity contribution in [3.05, 3.63) is 6.65 Å². The molecular formula is C6H12O3.